The molecule has 2 aromatic rings. The lowest BCUT2D eigenvalue weighted by molar-refractivity contribution is 0.348. The van der Waals surface area contributed by atoms with Gasteiger partial charge in [-0.2, -0.15) is 0 Å². The normalized spacial score (nSPS) is 19.0. The predicted molar refractivity (Wildman–Crippen MR) is 111 cm³/mol. The van der Waals surface area contributed by atoms with E-state index >= 15 is 0 Å². The van der Waals surface area contributed by atoms with Gasteiger partial charge in [0.25, 0.3) is 0 Å². The fourth-order valence-corrected chi connectivity index (χ4v) is 3.14. The monoisotopic (exact) mass is 340 g/mol. The second-order valence-electron chi connectivity index (χ2n) is 6.44. The number of ether oxygens (including phenoxy) is 1. The molecule has 0 saturated heterocycles. The van der Waals surface area contributed by atoms with Gasteiger partial charge in [0.2, 0.25) is 0 Å². The van der Waals surface area contributed by atoms with Gasteiger partial charge < -0.3 is 4.74 Å². The van der Waals surface area contributed by atoms with Crippen molar-refractivity contribution in [2.45, 2.75) is 73.1 Å². The standard InChI is InChI=1S/C20H24O.2C2H6/c1-15-3-7-17(8-4-15)18-9-13-20(14-10-18)21-19-11-5-16(2)6-12-19;2*1-2/h5-6,9-15,17H,3-4,7-8H2,1-2H3;2*1-2H3. The number of hydrogen-bond donors (Lipinski definition) is 0. The Bertz CT molecular complexity index is 560. The van der Waals surface area contributed by atoms with Gasteiger partial charge in [-0.25, -0.2) is 0 Å². The molecule has 3 rings (SSSR count). The van der Waals surface area contributed by atoms with Crippen molar-refractivity contribution in [2.75, 3.05) is 0 Å². The summed E-state index contributed by atoms with van der Waals surface area (Å²) < 4.78 is 5.89. The molecule has 1 aliphatic carbocycles. The molecule has 0 unspecified atom stereocenters. The Hall–Kier alpha value is -1.76. The zero-order valence-electron chi connectivity index (χ0n) is 17.0. The molecule has 0 aromatic heterocycles. The Labute approximate surface area is 155 Å². The van der Waals surface area contributed by atoms with Gasteiger partial charge in [-0.1, -0.05) is 77.3 Å². The van der Waals surface area contributed by atoms with Crippen LogP contribution in [0.2, 0.25) is 0 Å². The van der Waals surface area contributed by atoms with E-state index in [0.29, 0.717) is 0 Å². The lowest BCUT2D eigenvalue weighted by Crippen LogP contribution is -2.10. The van der Waals surface area contributed by atoms with Crippen LogP contribution in [0.25, 0.3) is 0 Å². The smallest absolute Gasteiger partial charge is 0.127 e. The Kier molecular flexibility index (Phi) is 9.99. The largest absolute Gasteiger partial charge is 0.457 e. The first-order valence-corrected chi connectivity index (χ1v) is 10.1. The highest BCUT2D eigenvalue weighted by Crippen LogP contribution is 2.36. The van der Waals surface area contributed by atoms with Crippen LogP contribution in [0.5, 0.6) is 11.5 Å². The summed E-state index contributed by atoms with van der Waals surface area (Å²) in [6.07, 6.45) is 5.40. The molecule has 0 radical (unpaired) electrons. The van der Waals surface area contributed by atoms with Gasteiger partial charge in [0.05, 0.1) is 0 Å². The fourth-order valence-electron chi connectivity index (χ4n) is 3.14. The maximum atomic E-state index is 5.89. The highest BCUT2D eigenvalue weighted by Gasteiger charge is 2.19. The minimum absolute atomic E-state index is 0.745. The molecule has 0 heterocycles. The molecule has 2 aromatic carbocycles. The maximum absolute atomic E-state index is 5.89. The molecular weight excluding hydrogens is 304 g/mol. The van der Waals surface area contributed by atoms with Crippen LogP contribution in [0.3, 0.4) is 0 Å². The minimum atomic E-state index is 0.745. The van der Waals surface area contributed by atoms with E-state index in [1.807, 2.05) is 39.8 Å². The predicted octanol–water partition coefficient (Wildman–Crippen LogP) is 8.13. The second kappa shape index (κ2) is 11.7. The lowest BCUT2D eigenvalue weighted by atomic mass is 9.79. The highest BCUT2D eigenvalue weighted by atomic mass is 16.5. The van der Waals surface area contributed by atoms with Crippen LogP contribution in [0.4, 0.5) is 0 Å². The molecule has 0 atom stereocenters. The third-order valence-electron chi connectivity index (χ3n) is 4.62. The molecule has 25 heavy (non-hydrogen) atoms. The maximum Gasteiger partial charge on any atom is 0.127 e. The molecule has 1 saturated carbocycles. The van der Waals surface area contributed by atoms with Crippen LogP contribution in [0, 0.1) is 12.8 Å². The lowest BCUT2D eigenvalue weighted by Gasteiger charge is -2.26. The first kappa shape index (κ1) is 21.3. The van der Waals surface area contributed by atoms with Crippen molar-refractivity contribution in [3.8, 4) is 11.5 Å². The fraction of sp³-hybridized carbons (Fsp3) is 0.500. The quantitative estimate of drug-likeness (QED) is 0.548. The van der Waals surface area contributed by atoms with Gasteiger partial charge in [-0.3, -0.25) is 0 Å². The summed E-state index contributed by atoms with van der Waals surface area (Å²) in [5.74, 6) is 3.48. The zero-order valence-corrected chi connectivity index (χ0v) is 17.0. The van der Waals surface area contributed by atoms with Crippen LogP contribution < -0.4 is 4.74 Å². The van der Waals surface area contributed by atoms with Crippen LogP contribution >= 0.6 is 0 Å². The van der Waals surface area contributed by atoms with E-state index < -0.39 is 0 Å². The number of aryl methyl sites for hydroxylation is 1. The van der Waals surface area contributed by atoms with Crippen LogP contribution in [0.1, 0.15) is 77.3 Å². The first-order valence-electron chi connectivity index (χ1n) is 10.1. The molecule has 1 aliphatic rings. The van der Waals surface area contributed by atoms with Crippen molar-refractivity contribution >= 4 is 0 Å². The Morgan fingerprint density at radius 2 is 1.12 bits per heavy atom. The van der Waals surface area contributed by atoms with Crippen molar-refractivity contribution in [3.63, 3.8) is 0 Å². The third kappa shape index (κ3) is 6.94. The van der Waals surface area contributed by atoms with Crippen LogP contribution in [-0.2, 0) is 0 Å². The van der Waals surface area contributed by atoms with E-state index in [4.69, 9.17) is 4.74 Å². The van der Waals surface area contributed by atoms with Crippen LogP contribution in [-0.4, -0.2) is 0 Å². The van der Waals surface area contributed by atoms with Gasteiger partial charge in [0.15, 0.2) is 0 Å². The molecule has 0 aliphatic heterocycles. The average Bonchev–Trinajstić information content (AvgIpc) is 2.68. The van der Waals surface area contributed by atoms with E-state index in [9.17, 15) is 0 Å². The molecule has 1 heteroatoms. The minimum Gasteiger partial charge on any atom is -0.457 e. The summed E-state index contributed by atoms with van der Waals surface area (Å²) in [6, 6.07) is 16.9. The molecule has 0 amide bonds. The van der Waals surface area contributed by atoms with Gasteiger partial charge in [0, 0.05) is 0 Å². The Morgan fingerprint density at radius 1 is 0.680 bits per heavy atom. The van der Waals surface area contributed by atoms with Crippen molar-refractivity contribution < 1.29 is 4.74 Å². The Balaban J connectivity index is 0.000000730. The number of rotatable bonds is 3. The summed E-state index contributed by atoms with van der Waals surface area (Å²) >= 11 is 0. The van der Waals surface area contributed by atoms with E-state index in [0.717, 1.165) is 23.3 Å². The summed E-state index contributed by atoms with van der Waals surface area (Å²) in [6.45, 7) is 12.5. The van der Waals surface area contributed by atoms with E-state index in [1.54, 1.807) is 0 Å². The molecule has 1 nitrogen and oxygen atoms in total. The first-order chi connectivity index (χ1) is 12.2. The molecule has 0 bridgehead atoms. The third-order valence-corrected chi connectivity index (χ3v) is 4.62. The average molecular weight is 341 g/mol. The van der Waals surface area contributed by atoms with Gasteiger partial charge in [-0.15, -0.1) is 0 Å². The van der Waals surface area contributed by atoms with Crippen LogP contribution in [0.15, 0.2) is 48.5 Å². The molecule has 1 fully saturated rings. The van der Waals surface area contributed by atoms with E-state index in [-0.39, 0.29) is 0 Å². The summed E-state index contributed by atoms with van der Waals surface area (Å²) in [5.41, 5.74) is 2.72. The van der Waals surface area contributed by atoms with Gasteiger partial charge in [0.1, 0.15) is 11.5 Å². The zero-order chi connectivity index (χ0) is 18.7. The number of hydrogen-bond acceptors (Lipinski definition) is 1. The summed E-state index contributed by atoms with van der Waals surface area (Å²) in [7, 11) is 0. The van der Waals surface area contributed by atoms with Crippen molar-refractivity contribution in [3.05, 3.63) is 59.7 Å². The van der Waals surface area contributed by atoms with E-state index in [2.05, 4.69) is 50.2 Å². The van der Waals surface area contributed by atoms with Gasteiger partial charge in [-0.05, 0) is 61.4 Å². The van der Waals surface area contributed by atoms with Crippen molar-refractivity contribution in [1.82, 2.24) is 0 Å². The summed E-state index contributed by atoms with van der Waals surface area (Å²) in [4.78, 5) is 0. The summed E-state index contributed by atoms with van der Waals surface area (Å²) in [5, 5.41) is 0. The molecule has 0 N–H and O–H groups in total. The van der Waals surface area contributed by atoms with E-state index in [1.165, 1.54) is 36.8 Å². The molecular formula is C24H36O. The number of benzene rings is 2. The van der Waals surface area contributed by atoms with Gasteiger partial charge >= 0.3 is 0 Å². The van der Waals surface area contributed by atoms with Crippen molar-refractivity contribution in [2.24, 2.45) is 5.92 Å². The Morgan fingerprint density at radius 3 is 1.60 bits per heavy atom. The highest BCUT2D eigenvalue weighted by molar-refractivity contribution is 5.35. The van der Waals surface area contributed by atoms with Crippen molar-refractivity contribution in [1.29, 1.82) is 0 Å². The second-order valence-corrected chi connectivity index (χ2v) is 6.44. The molecule has 138 valence electrons. The topological polar surface area (TPSA) is 9.23 Å². The molecule has 0 spiro atoms. The SMILES string of the molecule is CC.CC.Cc1ccc(Oc2ccc(C3CCC(C)CC3)cc2)cc1.